The molecule has 3 aromatic rings. The second kappa shape index (κ2) is 6.16. The zero-order chi connectivity index (χ0) is 18.4. The molecule has 0 amide bonds. The highest BCUT2D eigenvalue weighted by molar-refractivity contribution is 5.99. The number of hydrogen-bond acceptors (Lipinski definition) is 4. The fraction of sp³-hybridized carbons (Fsp3) is 0.190. The molecule has 1 N–H and O–H groups in total. The van der Waals surface area contributed by atoms with Gasteiger partial charge < -0.3 is 5.32 Å². The van der Waals surface area contributed by atoms with E-state index in [1.54, 1.807) is 22.9 Å². The summed E-state index contributed by atoms with van der Waals surface area (Å²) in [4.78, 5) is 17.3. The van der Waals surface area contributed by atoms with Crippen molar-refractivity contribution in [3.8, 4) is 11.4 Å². The van der Waals surface area contributed by atoms with Gasteiger partial charge in [-0.1, -0.05) is 42.5 Å². The van der Waals surface area contributed by atoms with Crippen LogP contribution >= 0.6 is 0 Å². The zero-order valence-corrected chi connectivity index (χ0v) is 14.5. The average molecular weight is 360 g/mol. The lowest BCUT2D eigenvalue weighted by atomic mass is 9.85. The normalized spacial score (nSPS) is 18.7. The quantitative estimate of drug-likeness (QED) is 0.747. The van der Waals surface area contributed by atoms with Crippen molar-refractivity contribution in [2.75, 3.05) is 5.32 Å². The summed E-state index contributed by atoms with van der Waals surface area (Å²) in [6.07, 6.45) is 2.15. The van der Waals surface area contributed by atoms with E-state index in [1.165, 1.54) is 6.07 Å². The fourth-order valence-electron chi connectivity index (χ4n) is 3.86. The first-order valence-electron chi connectivity index (χ1n) is 9.02. The van der Waals surface area contributed by atoms with Gasteiger partial charge >= 0.3 is 0 Å². The summed E-state index contributed by atoms with van der Waals surface area (Å²) < 4.78 is 16.0. The summed E-state index contributed by atoms with van der Waals surface area (Å²) in [6.45, 7) is 0. The predicted molar refractivity (Wildman–Crippen MR) is 99.5 cm³/mol. The lowest BCUT2D eigenvalue weighted by Crippen LogP contribution is -2.31. The van der Waals surface area contributed by atoms with Crippen molar-refractivity contribution < 1.29 is 9.18 Å². The Hall–Kier alpha value is -3.28. The molecule has 1 aliphatic heterocycles. The molecule has 0 radical (unpaired) electrons. The number of allylic oxidation sites excluding steroid dienone is 2. The smallest absolute Gasteiger partial charge is 0.226 e. The minimum absolute atomic E-state index is 0.131. The van der Waals surface area contributed by atoms with Crippen molar-refractivity contribution in [2.24, 2.45) is 0 Å². The highest BCUT2D eigenvalue weighted by Gasteiger charge is 2.36. The first-order chi connectivity index (χ1) is 13.2. The largest absolute Gasteiger partial charge is 0.328 e. The number of aromatic nitrogens is 3. The van der Waals surface area contributed by atoms with E-state index in [-0.39, 0.29) is 17.6 Å². The minimum atomic E-state index is -0.370. The van der Waals surface area contributed by atoms with Crippen LogP contribution in [0.25, 0.3) is 11.4 Å². The molecule has 0 fully saturated rings. The van der Waals surface area contributed by atoms with E-state index in [4.69, 9.17) is 0 Å². The van der Waals surface area contributed by atoms with Gasteiger partial charge in [-0.25, -0.2) is 9.07 Å². The number of anilines is 1. The van der Waals surface area contributed by atoms with Crippen LogP contribution in [0.4, 0.5) is 10.3 Å². The lowest BCUT2D eigenvalue weighted by Gasteiger charge is -2.32. The molecule has 1 atom stereocenters. The molecule has 134 valence electrons. The van der Waals surface area contributed by atoms with E-state index >= 15 is 0 Å². The Morgan fingerprint density at radius 3 is 2.63 bits per heavy atom. The molecule has 0 saturated heterocycles. The topological polar surface area (TPSA) is 59.8 Å². The predicted octanol–water partition coefficient (Wildman–Crippen LogP) is 4.11. The van der Waals surface area contributed by atoms with Crippen molar-refractivity contribution in [1.82, 2.24) is 14.8 Å². The third-order valence-electron chi connectivity index (χ3n) is 5.10. The van der Waals surface area contributed by atoms with Crippen LogP contribution in [-0.4, -0.2) is 20.5 Å². The van der Waals surface area contributed by atoms with Gasteiger partial charge in [0.2, 0.25) is 5.95 Å². The van der Waals surface area contributed by atoms with Gasteiger partial charge in [-0.05, 0) is 30.5 Å². The Kier molecular flexibility index (Phi) is 3.63. The number of ketones is 1. The molecule has 27 heavy (non-hydrogen) atoms. The number of nitrogens with zero attached hydrogens (tertiary/aromatic N) is 3. The van der Waals surface area contributed by atoms with E-state index in [9.17, 15) is 9.18 Å². The van der Waals surface area contributed by atoms with Gasteiger partial charge in [-0.2, -0.15) is 4.98 Å². The summed E-state index contributed by atoms with van der Waals surface area (Å²) in [5.74, 6) is 0.607. The molecular weight excluding hydrogens is 343 g/mol. The Bertz CT molecular complexity index is 1070. The minimum Gasteiger partial charge on any atom is -0.328 e. The first-order valence-corrected chi connectivity index (χ1v) is 9.02. The average Bonchev–Trinajstić information content (AvgIpc) is 3.11. The molecule has 2 heterocycles. The molecule has 2 aromatic carbocycles. The van der Waals surface area contributed by atoms with Crippen LogP contribution in [0.1, 0.15) is 30.9 Å². The Balaban J connectivity index is 1.70. The van der Waals surface area contributed by atoms with Crippen LogP contribution in [0, 0.1) is 5.82 Å². The van der Waals surface area contributed by atoms with E-state index in [0.29, 0.717) is 23.8 Å². The van der Waals surface area contributed by atoms with E-state index in [0.717, 1.165) is 29.7 Å². The molecule has 0 spiro atoms. The monoisotopic (exact) mass is 360 g/mol. The van der Waals surface area contributed by atoms with Crippen molar-refractivity contribution in [3.05, 3.63) is 77.2 Å². The molecule has 1 aromatic heterocycles. The number of rotatable bonds is 2. The number of carbonyl (C=O) groups excluding carboxylic acids is 1. The second-order valence-corrected chi connectivity index (χ2v) is 6.79. The van der Waals surface area contributed by atoms with Crippen molar-refractivity contribution in [1.29, 1.82) is 0 Å². The van der Waals surface area contributed by atoms with Crippen molar-refractivity contribution >= 4 is 11.7 Å². The first kappa shape index (κ1) is 15.9. The van der Waals surface area contributed by atoms with Gasteiger partial charge in [0, 0.05) is 17.7 Å². The fourth-order valence-corrected chi connectivity index (χ4v) is 3.86. The standard InChI is InChI=1S/C21H17FN4O/c22-15-10-5-4-9-14(15)20-24-21-23-16-11-6-12-17(27)18(16)19(26(21)25-20)13-7-2-1-3-8-13/h1-5,7-10,19H,6,11-12H2,(H,23,24,25). The molecule has 5 rings (SSSR count). The molecule has 0 bridgehead atoms. The molecular formula is C21H17FN4O. The van der Waals surface area contributed by atoms with Gasteiger partial charge in [0.1, 0.15) is 11.9 Å². The molecule has 1 aliphatic carbocycles. The maximum Gasteiger partial charge on any atom is 0.226 e. The maximum absolute atomic E-state index is 14.2. The zero-order valence-electron chi connectivity index (χ0n) is 14.5. The Labute approximate surface area is 155 Å². The molecule has 0 saturated carbocycles. The van der Waals surface area contributed by atoms with E-state index in [1.807, 2.05) is 30.3 Å². The van der Waals surface area contributed by atoms with Crippen LogP contribution in [0.2, 0.25) is 0 Å². The van der Waals surface area contributed by atoms with Gasteiger partial charge in [-0.3, -0.25) is 4.79 Å². The third-order valence-corrected chi connectivity index (χ3v) is 5.10. The van der Waals surface area contributed by atoms with Crippen molar-refractivity contribution in [2.45, 2.75) is 25.3 Å². The Morgan fingerprint density at radius 1 is 1.04 bits per heavy atom. The molecule has 1 unspecified atom stereocenters. The highest BCUT2D eigenvalue weighted by atomic mass is 19.1. The number of benzene rings is 2. The van der Waals surface area contributed by atoms with Gasteiger partial charge in [-0.15, -0.1) is 5.10 Å². The van der Waals surface area contributed by atoms with Crippen LogP contribution in [0.3, 0.4) is 0 Å². The number of nitrogens with one attached hydrogen (secondary N) is 1. The van der Waals surface area contributed by atoms with Gasteiger partial charge in [0.05, 0.1) is 5.56 Å². The molecule has 2 aliphatic rings. The van der Waals surface area contributed by atoms with Crippen LogP contribution in [0.5, 0.6) is 0 Å². The summed E-state index contributed by atoms with van der Waals surface area (Å²) in [5, 5.41) is 7.85. The summed E-state index contributed by atoms with van der Waals surface area (Å²) in [7, 11) is 0. The Morgan fingerprint density at radius 2 is 1.81 bits per heavy atom. The summed E-state index contributed by atoms with van der Waals surface area (Å²) >= 11 is 0. The van der Waals surface area contributed by atoms with Crippen LogP contribution in [-0.2, 0) is 4.79 Å². The van der Waals surface area contributed by atoms with Crippen molar-refractivity contribution in [3.63, 3.8) is 0 Å². The number of fused-ring (bicyclic) bond motifs is 1. The SMILES string of the molecule is O=C1CCCC2=C1C(c1ccccc1)n1nc(-c3ccccc3F)nc1N2. The molecule has 5 nitrogen and oxygen atoms in total. The highest BCUT2D eigenvalue weighted by Crippen LogP contribution is 2.40. The number of halogens is 1. The third kappa shape index (κ3) is 2.56. The summed E-state index contributed by atoms with van der Waals surface area (Å²) in [6, 6.07) is 15.9. The lowest BCUT2D eigenvalue weighted by molar-refractivity contribution is -0.116. The van der Waals surface area contributed by atoms with Gasteiger partial charge in [0.25, 0.3) is 0 Å². The van der Waals surface area contributed by atoms with Crippen LogP contribution in [0.15, 0.2) is 65.9 Å². The van der Waals surface area contributed by atoms with Crippen LogP contribution < -0.4 is 5.32 Å². The second-order valence-electron chi connectivity index (χ2n) is 6.79. The summed E-state index contributed by atoms with van der Waals surface area (Å²) in [5.41, 5.74) is 2.95. The maximum atomic E-state index is 14.2. The van der Waals surface area contributed by atoms with E-state index < -0.39 is 0 Å². The number of hydrogen-bond donors (Lipinski definition) is 1. The number of carbonyl (C=O) groups is 1. The van der Waals surface area contributed by atoms with Gasteiger partial charge in [0.15, 0.2) is 11.6 Å². The number of Topliss-reactive ketones (excluding diaryl/α,β-unsaturated/α-hetero) is 1. The van der Waals surface area contributed by atoms with E-state index in [2.05, 4.69) is 15.4 Å². The molecule has 6 heteroatoms.